The first kappa shape index (κ1) is 25.7. The third-order valence-electron chi connectivity index (χ3n) is 6.02. The lowest BCUT2D eigenvalue weighted by atomic mass is 9.83. The van der Waals surface area contributed by atoms with Crippen LogP contribution in [0.1, 0.15) is 111 Å². The molecule has 0 aliphatic heterocycles. The fourth-order valence-electron chi connectivity index (χ4n) is 4.10. The molecule has 4 nitrogen and oxygen atoms in total. The molecule has 0 heterocycles. The van der Waals surface area contributed by atoms with Crippen LogP contribution in [0.15, 0.2) is 12.2 Å². The Bertz CT molecular complexity index is 483. The molecule has 0 amide bonds. The first-order valence-corrected chi connectivity index (χ1v) is 12.0. The summed E-state index contributed by atoms with van der Waals surface area (Å²) < 4.78 is 5.82. The minimum atomic E-state index is -0.894. The normalized spacial score (nSPS) is 20.0. The predicted octanol–water partition coefficient (Wildman–Crippen LogP) is 6.92. The van der Waals surface area contributed by atoms with Gasteiger partial charge in [0.05, 0.1) is 11.8 Å². The molecule has 1 rings (SSSR count). The highest BCUT2D eigenvalue weighted by Gasteiger charge is 2.36. The van der Waals surface area contributed by atoms with Gasteiger partial charge in [-0.15, -0.1) is 0 Å². The van der Waals surface area contributed by atoms with Crippen molar-refractivity contribution in [3.05, 3.63) is 12.2 Å². The molecule has 1 aliphatic rings. The summed E-state index contributed by atoms with van der Waals surface area (Å²) in [5.74, 6) is -1.57. The molecule has 0 saturated carbocycles. The van der Waals surface area contributed by atoms with Crippen LogP contribution >= 0.6 is 0 Å². The molecular formula is C25H44O4. The van der Waals surface area contributed by atoms with E-state index in [1.165, 1.54) is 44.9 Å². The van der Waals surface area contributed by atoms with Gasteiger partial charge in [0, 0.05) is 0 Å². The fourth-order valence-corrected chi connectivity index (χ4v) is 4.10. The summed E-state index contributed by atoms with van der Waals surface area (Å²) in [6, 6.07) is 0. The number of carboxylic acids is 1. The Kier molecular flexibility index (Phi) is 13.8. The Morgan fingerprint density at radius 2 is 1.38 bits per heavy atom. The molecule has 1 aliphatic carbocycles. The average molecular weight is 409 g/mol. The molecule has 29 heavy (non-hydrogen) atoms. The van der Waals surface area contributed by atoms with Crippen molar-refractivity contribution in [3.63, 3.8) is 0 Å². The van der Waals surface area contributed by atoms with Gasteiger partial charge < -0.3 is 9.84 Å². The van der Waals surface area contributed by atoms with Gasteiger partial charge in [-0.2, -0.15) is 0 Å². The van der Waals surface area contributed by atoms with Gasteiger partial charge in [-0.1, -0.05) is 90.7 Å². The molecule has 0 fully saturated rings. The van der Waals surface area contributed by atoms with E-state index in [1.54, 1.807) is 0 Å². The Morgan fingerprint density at radius 1 is 0.862 bits per heavy atom. The molecule has 0 saturated heterocycles. The molecule has 168 valence electrons. The van der Waals surface area contributed by atoms with Gasteiger partial charge in [0.2, 0.25) is 0 Å². The number of aliphatic carboxylic acids is 1. The van der Waals surface area contributed by atoms with Gasteiger partial charge in [-0.3, -0.25) is 9.59 Å². The number of rotatable bonds is 16. The summed E-state index contributed by atoms with van der Waals surface area (Å²) in [4.78, 5) is 24.1. The summed E-state index contributed by atoms with van der Waals surface area (Å²) in [5.41, 5.74) is 0. The van der Waals surface area contributed by atoms with Crippen LogP contribution in [0.5, 0.6) is 0 Å². The Balaban J connectivity index is 2.31. The number of esters is 1. The lowest BCUT2D eigenvalue weighted by Gasteiger charge is -2.26. The van der Waals surface area contributed by atoms with Crippen molar-refractivity contribution in [1.82, 2.24) is 0 Å². The number of carbonyl (C=O) groups excluding carboxylic acids is 1. The van der Waals surface area contributed by atoms with E-state index in [2.05, 4.69) is 20.8 Å². The van der Waals surface area contributed by atoms with Gasteiger partial charge in [-0.05, 0) is 38.0 Å². The van der Waals surface area contributed by atoms with E-state index in [9.17, 15) is 14.7 Å². The predicted molar refractivity (Wildman–Crippen MR) is 119 cm³/mol. The van der Waals surface area contributed by atoms with E-state index in [4.69, 9.17) is 4.74 Å². The van der Waals surface area contributed by atoms with E-state index < -0.39 is 17.8 Å². The molecular weight excluding hydrogens is 364 g/mol. The van der Waals surface area contributed by atoms with Crippen LogP contribution in [-0.2, 0) is 14.3 Å². The number of carbonyl (C=O) groups is 2. The van der Waals surface area contributed by atoms with E-state index in [0.717, 1.165) is 38.0 Å². The van der Waals surface area contributed by atoms with Crippen molar-refractivity contribution in [2.45, 2.75) is 117 Å². The lowest BCUT2D eigenvalue weighted by Crippen LogP contribution is -2.34. The number of carboxylic acid groups (broad SMARTS) is 1. The SMILES string of the molecule is CCCCC(CCCCCCCCCC(C)C)OC(=O)C1CC=CCC1C(=O)O. The maximum Gasteiger partial charge on any atom is 0.310 e. The highest BCUT2D eigenvalue weighted by Crippen LogP contribution is 2.28. The molecule has 3 unspecified atom stereocenters. The molecule has 0 aromatic rings. The molecule has 3 atom stereocenters. The second kappa shape index (κ2) is 15.5. The van der Waals surface area contributed by atoms with Crippen LogP contribution < -0.4 is 0 Å². The lowest BCUT2D eigenvalue weighted by molar-refractivity contribution is -0.162. The van der Waals surface area contributed by atoms with Crippen LogP contribution in [0.3, 0.4) is 0 Å². The summed E-state index contributed by atoms with van der Waals surface area (Å²) in [6.45, 7) is 6.72. The first-order valence-electron chi connectivity index (χ1n) is 12.0. The molecule has 1 N–H and O–H groups in total. The Morgan fingerprint density at radius 3 is 1.93 bits per heavy atom. The molecule has 4 heteroatoms. The van der Waals surface area contributed by atoms with Crippen LogP contribution in [0, 0.1) is 17.8 Å². The largest absolute Gasteiger partial charge is 0.481 e. The maximum absolute atomic E-state index is 12.7. The second-order valence-electron chi connectivity index (χ2n) is 9.14. The minimum Gasteiger partial charge on any atom is -0.481 e. The van der Waals surface area contributed by atoms with E-state index in [-0.39, 0.29) is 12.1 Å². The molecule has 0 radical (unpaired) electrons. The zero-order valence-electron chi connectivity index (χ0n) is 19.0. The first-order chi connectivity index (χ1) is 14.0. The summed E-state index contributed by atoms with van der Waals surface area (Å²) in [7, 11) is 0. The summed E-state index contributed by atoms with van der Waals surface area (Å²) >= 11 is 0. The highest BCUT2D eigenvalue weighted by molar-refractivity contribution is 5.81. The van der Waals surface area contributed by atoms with Crippen molar-refractivity contribution in [2.24, 2.45) is 17.8 Å². The van der Waals surface area contributed by atoms with Gasteiger partial charge in [0.1, 0.15) is 6.10 Å². The smallest absolute Gasteiger partial charge is 0.310 e. The maximum atomic E-state index is 12.7. The topological polar surface area (TPSA) is 63.6 Å². The highest BCUT2D eigenvalue weighted by atomic mass is 16.5. The van der Waals surface area contributed by atoms with Crippen LogP contribution in [0.25, 0.3) is 0 Å². The molecule has 0 aromatic carbocycles. The summed E-state index contributed by atoms with van der Waals surface area (Å²) in [5, 5.41) is 9.40. The van der Waals surface area contributed by atoms with Gasteiger partial charge in [0.25, 0.3) is 0 Å². The second-order valence-corrected chi connectivity index (χ2v) is 9.14. The number of ether oxygens (including phenoxy) is 1. The molecule has 0 aromatic heterocycles. The van der Waals surface area contributed by atoms with Crippen molar-refractivity contribution in [3.8, 4) is 0 Å². The monoisotopic (exact) mass is 408 g/mol. The number of hydrogen-bond acceptors (Lipinski definition) is 3. The fraction of sp³-hybridized carbons (Fsp3) is 0.840. The van der Waals surface area contributed by atoms with E-state index in [0.29, 0.717) is 12.8 Å². The van der Waals surface area contributed by atoms with Gasteiger partial charge in [0.15, 0.2) is 0 Å². The van der Waals surface area contributed by atoms with E-state index in [1.807, 2.05) is 12.2 Å². The van der Waals surface area contributed by atoms with Crippen molar-refractivity contribution in [2.75, 3.05) is 0 Å². The zero-order valence-corrected chi connectivity index (χ0v) is 19.0. The van der Waals surface area contributed by atoms with Crippen molar-refractivity contribution >= 4 is 11.9 Å². The van der Waals surface area contributed by atoms with Crippen LogP contribution in [-0.4, -0.2) is 23.1 Å². The molecule has 0 bridgehead atoms. The Hall–Kier alpha value is -1.32. The van der Waals surface area contributed by atoms with Crippen molar-refractivity contribution in [1.29, 1.82) is 0 Å². The zero-order chi connectivity index (χ0) is 21.5. The van der Waals surface area contributed by atoms with Crippen molar-refractivity contribution < 1.29 is 19.4 Å². The standard InChI is InChI=1S/C25H44O4/c1-4-5-16-21(17-12-10-8-6-7-9-11-15-20(2)3)29-25(28)23-19-14-13-18-22(23)24(26)27/h13-14,20-23H,4-12,15-19H2,1-3H3,(H,26,27). The quantitative estimate of drug-likeness (QED) is 0.171. The number of hydrogen-bond donors (Lipinski definition) is 1. The summed E-state index contributed by atoms with van der Waals surface area (Å²) in [6.07, 6.45) is 18.7. The molecule has 0 spiro atoms. The van der Waals surface area contributed by atoms with Crippen LogP contribution in [0.4, 0.5) is 0 Å². The average Bonchev–Trinajstić information content (AvgIpc) is 2.70. The minimum absolute atomic E-state index is 0.0613. The Labute approximate surface area is 178 Å². The number of allylic oxidation sites excluding steroid dienone is 2. The third kappa shape index (κ3) is 11.4. The van der Waals surface area contributed by atoms with E-state index >= 15 is 0 Å². The van der Waals surface area contributed by atoms with Gasteiger partial charge >= 0.3 is 11.9 Å². The third-order valence-corrected chi connectivity index (χ3v) is 6.02. The van der Waals surface area contributed by atoms with Gasteiger partial charge in [-0.25, -0.2) is 0 Å². The van der Waals surface area contributed by atoms with Crippen LogP contribution in [0.2, 0.25) is 0 Å². The number of unbranched alkanes of at least 4 members (excludes halogenated alkanes) is 7.